The largest absolute Gasteiger partial charge is 0.380 e. The molecule has 0 fully saturated rings. The minimum Gasteiger partial charge on any atom is -0.380 e. The highest BCUT2D eigenvalue weighted by atomic mass is 79.9. The van der Waals surface area contributed by atoms with Crippen molar-refractivity contribution in [1.29, 1.82) is 0 Å². The zero-order valence-corrected chi connectivity index (χ0v) is 12.6. The van der Waals surface area contributed by atoms with Gasteiger partial charge in [0.2, 0.25) is 0 Å². The van der Waals surface area contributed by atoms with Crippen molar-refractivity contribution in [3.8, 4) is 0 Å². The molecule has 3 N–H and O–H groups in total. The Bertz CT molecular complexity index is 881. The third-order valence-corrected chi connectivity index (χ3v) is 4.79. The van der Waals surface area contributed by atoms with Crippen LogP contribution in [-0.2, 0) is 6.54 Å². The molecule has 0 aliphatic heterocycles. The molecule has 1 aromatic carbocycles. The number of aromatic amines is 2. The lowest BCUT2D eigenvalue weighted by atomic mass is 10.2. The van der Waals surface area contributed by atoms with Crippen LogP contribution in [0.25, 0.3) is 11.0 Å². The van der Waals surface area contributed by atoms with Crippen LogP contribution >= 0.6 is 27.3 Å². The molecule has 3 rings (SSSR count). The van der Waals surface area contributed by atoms with E-state index in [-0.39, 0.29) is 0 Å². The first-order valence-corrected chi connectivity index (χ1v) is 7.53. The molecule has 20 heavy (non-hydrogen) atoms. The van der Waals surface area contributed by atoms with E-state index in [1.165, 1.54) is 4.88 Å². The van der Waals surface area contributed by atoms with Gasteiger partial charge in [0.05, 0.1) is 17.6 Å². The van der Waals surface area contributed by atoms with Gasteiger partial charge in [-0.2, -0.15) is 0 Å². The number of fused-ring (bicyclic) bond motifs is 1. The van der Waals surface area contributed by atoms with Gasteiger partial charge in [-0.25, -0.2) is 0 Å². The van der Waals surface area contributed by atoms with Crippen molar-refractivity contribution in [1.82, 2.24) is 9.97 Å². The maximum absolute atomic E-state index is 11.3. The molecule has 5 nitrogen and oxygen atoms in total. The van der Waals surface area contributed by atoms with Gasteiger partial charge in [0.1, 0.15) is 0 Å². The summed E-state index contributed by atoms with van der Waals surface area (Å²) in [6.45, 7) is 0.692. The number of hydrogen-bond acceptors (Lipinski definition) is 4. The average molecular weight is 352 g/mol. The van der Waals surface area contributed by atoms with Crippen molar-refractivity contribution < 1.29 is 0 Å². The highest BCUT2D eigenvalue weighted by Crippen LogP contribution is 2.24. The summed E-state index contributed by atoms with van der Waals surface area (Å²) in [7, 11) is 0. The Morgan fingerprint density at radius 1 is 1.10 bits per heavy atom. The van der Waals surface area contributed by atoms with E-state index in [0.717, 1.165) is 10.2 Å². The van der Waals surface area contributed by atoms with E-state index in [2.05, 4.69) is 31.2 Å². The van der Waals surface area contributed by atoms with E-state index in [0.29, 0.717) is 17.6 Å². The summed E-state index contributed by atoms with van der Waals surface area (Å²) in [6, 6.07) is 7.43. The normalized spacial score (nSPS) is 10.8. The first-order valence-electron chi connectivity index (χ1n) is 5.85. The Morgan fingerprint density at radius 2 is 1.85 bits per heavy atom. The van der Waals surface area contributed by atoms with E-state index >= 15 is 0 Å². The molecule has 0 aliphatic rings. The summed E-state index contributed by atoms with van der Waals surface area (Å²) in [6.07, 6.45) is 0. The standard InChI is InChI=1S/C13H10BrN3O2S/c14-8-3-4-20-11(8)6-15-7-1-2-9-10(5-7)17-13(19)12(18)16-9/h1-5,15H,6H2,(H,16,18)(H,17,19). The number of benzene rings is 1. The Morgan fingerprint density at radius 3 is 2.55 bits per heavy atom. The number of thiophene rings is 1. The fourth-order valence-electron chi connectivity index (χ4n) is 1.86. The van der Waals surface area contributed by atoms with Crippen LogP contribution < -0.4 is 16.4 Å². The molecule has 102 valence electrons. The summed E-state index contributed by atoms with van der Waals surface area (Å²) < 4.78 is 1.08. The summed E-state index contributed by atoms with van der Waals surface area (Å²) >= 11 is 5.14. The van der Waals surface area contributed by atoms with Gasteiger partial charge in [0, 0.05) is 15.0 Å². The van der Waals surface area contributed by atoms with Gasteiger partial charge in [-0.1, -0.05) is 0 Å². The lowest BCUT2D eigenvalue weighted by Gasteiger charge is -2.06. The molecule has 2 aromatic heterocycles. The zero-order valence-electron chi connectivity index (χ0n) is 10.2. The fourth-order valence-corrected chi connectivity index (χ4v) is 3.29. The summed E-state index contributed by atoms with van der Waals surface area (Å²) in [5, 5.41) is 5.30. The van der Waals surface area contributed by atoms with E-state index in [1.807, 2.05) is 17.5 Å². The Kier molecular flexibility index (Phi) is 3.45. The Labute approximate surface area is 125 Å². The summed E-state index contributed by atoms with van der Waals surface area (Å²) in [4.78, 5) is 28.8. The molecule has 0 saturated heterocycles. The minimum absolute atomic E-state index is 0.602. The highest BCUT2D eigenvalue weighted by molar-refractivity contribution is 9.10. The molecule has 0 atom stereocenters. The lowest BCUT2D eigenvalue weighted by molar-refractivity contribution is 1.14. The second-order valence-corrected chi connectivity index (χ2v) is 6.07. The molecule has 0 bridgehead atoms. The molecule has 0 unspecified atom stereocenters. The fraction of sp³-hybridized carbons (Fsp3) is 0.0769. The summed E-state index contributed by atoms with van der Waals surface area (Å²) in [5.74, 6) is 0. The van der Waals surface area contributed by atoms with E-state index in [4.69, 9.17) is 0 Å². The molecule has 0 saturated carbocycles. The number of H-pyrrole nitrogens is 2. The van der Waals surface area contributed by atoms with E-state index in [9.17, 15) is 9.59 Å². The quantitative estimate of drug-likeness (QED) is 0.634. The van der Waals surface area contributed by atoms with E-state index in [1.54, 1.807) is 23.5 Å². The maximum atomic E-state index is 11.3. The smallest absolute Gasteiger partial charge is 0.314 e. The van der Waals surface area contributed by atoms with Gasteiger partial charge >= 0.3 is 11.1 Å². The topological polar surface area (TPSA) is 77.8 Å². The van der Waals surface area contributed by atoms with Crippen LogP contribution in [-0.4, -0.2) is 9.97 Å². The van der Waals surface area contributed by atoms with Crippen molar-refractivity contribution in [2.75, 3.05) is 5.32 Å². The monoisotopic (exact) mass is 351 g/mol. The van der Waals surface area contributed by atoms with Crippen LogP contribution in [0.1, 0.15) is 4.88 Å². The average Bonchev–Trinajstić information content (AvgIpc) is 2.83. The van der Waals surface area contributed by atoms with Gasteiger partial charge in [0.15, 0.2) is 0 Å². The number of halogens is 1. The van der Waals surface area contributed by atoms with Crippen molar-refractivity contribution in [2.45, 2.75) is 6.54 Å². The first kappa shape index (κ1) is 13.1. The number of aromatic nitrogens is 2. The predicted octanol–water partition coefficient (Wildman–Crippen LogP) is 2.65. The zero-order chi connectivity index (χ0) is 14.1. The maximum Gasteiger partial charge on any atom is 0.314 e. The van der Waals surface area contributed by atoms with Crippen molar-refractivity contribution >= 4 is 44.0 Å². The SMILES string of the molecule is O=c1[nH]c2ccc(NCc3sccc3Br)cc2[nH]c1=O. The second-order valence-electron chi connectivity index (χ2n) is 4.21. The van der Waals surface area contributed by atoms with Crippen LogP contribution in [0.4, 0.5) is 5.69 Å². The third kappa shape index (κ3) is 2.54. The van der Waals surface area contributed by atoms with Gasteiger partial charge in [0.25, 0.3) is 0 Å². The Hall–Kier alpha value is -1.86. The van der Waals surface area contributed by atoms with Crippen LogP contribution in [0, 0.1) is 0 Å². The highest BCUT2D eigenvalue weighted by Gasteiger charge is 2.03. The predicted molar refractivity (Wildman–Crippen MR) is 84.5 cm³/mol. The van der Waals surface area contributed by atoms with Crippen LogP contribution in [0.3, 0.4) is 0 Å². The number of nitrogens with one attached hydrogen (secondary N) is 3. The lowest BCUT2D eigenvalue weighted by Crippen LogP contribution is -2.28. The van der Waals surface area contributed by atoms with Gasteiger partial charge in [-0.05, 0) is 45.6 Å². The number of rotatable bonds is 3. The van der Waals surface area contributed by atoms with Gasteiger partial charge < -0.3 is 15.3 Å². The van der Waals surface area contributed by atoms with Crippen LogP contribution in [0.5, 0.6) is 0 Å². The molecular weight excluding hydrogens is 342 g/mol. The molecular formula is C13H10BrN3O2S. The third-order valence-electron chi connectivity index (χ3n) is 2.87. The van der Waals surface area contributed by atoms with Crippen LogP contribution in [0.2, 0.25) is 0 Å². The number of hydrogen-bond donors (Lipinski definition) is 3. The molecule has 3 aromatic rings. The van der Waals surface area contributed by atoms with Gasteiger partial charge in [-0.15, -0.1) is 11.3 Å². The first-order chi connectivity index (χ1) is 9.63. The minimum atomic E-state index is -0.643. The van der Waals surface area contributed by atoms with Crippen LogP contribution in [0.15, 0.2) is 43.7 Å². The van der Waals surface area contributed by atoms with Crippen molar-refractivity contribution in [3.63, 3.8) is 0 Å². The number of anilines is 1. The van der Waals surface area contributed by atoms with Crippen molar-refractivity contribution in [2.24, 2.45) is 0 Å². The molecule has 0 radical (unpaired) electrons. The Balaban J connectivity index is 1.89. The summed E-state index contributed by atoms with van der Waals surface area (Å²) in [5.41, 5.74) is 0.805. The van der Waals surface area contributed by atoms with E-state index < -0.39 is 11.1 Å². The molecule has 0 aliphatic carbocycles. The second kappa shape index (κ2) is 5.26. The molecule has 2 heterocycles. The molecule has 0 amide bonds. The van der Waals surface area contributed by atoms with Crippen molar-refractivity contribution in [3.05, 3.63) is 59.7 Å². The molecule has 7 heteroatoms. The molecule has 0 spiro atoms. The van der Waals surface area contributed by atoms with Gasteiger partial charge in [-0.3, -0.25) is 9.59 Å².